The molecule has 1 aromatic rings. The minimum absolute atomic E-state index is 0.0363. The number of hydrogen-bond acceptors (Lipinski definition) is 10. The third-order valence-electron chi connectivity index (χ3n) is 15.2. The fourth-order valence-electron chi connectivity index (χ4n) is 12.4. The zero-order chi connectivity index (χ0) is 42.0. The largest absolute Gasteiger partial charge is 0.497 e. The summed E-state index contributed by atoms with van der Waals surface area (Å²) in [5, 5.41) is 12.0. The Labute approximate surface area is 347 Å². The number of rotatable bonds is 17. The molecule has 2 bridgehead atoms. The number of aliphatic imine (C=N–C) groups is 1. The van der Waals surface area contributed by atoms with Crippen molar-refractivity contribution >= 4 is 29.8 Å². The molecule has 2 aliphatic heterocycles. The van der Waals surface area contributed by atoms with Crippen LogP contribution in [-0.4, -0.2) is 79.0 Å². The van der Waals surface area contributed by atoms with E-state index in [1.165, 1.54) is 0 Å². The second-order valence-corrected chi connectivity index (χ2v) is 18.5. The van der Waals surface area contributed by atoms with E-state index in [0.717, 1.165) is 81.1 Å². The van der Waals surface area contributed by atoms with Gasteiger partial charge in [-0.05, 0) is 112 Å². The van der Waals surface area contributed by atoms with E-state index < -0.39 is 23.9 Å². The monoisotopic (exact) mass is 820 g/mol. The van der Waals surface area contributed by atoms with Gasteiger partial charge in [-0.15, -0.1) is 0 Å². The van der Waals surface area contributed by atoms with Crippen LogP contribution in [0.15, 0.2) is 40.9 Å². The average Bonchev–Trinajstić information content (AvgIpc) is 3.71. The lowest BCUT2D eigenvalue weighted by Gasteiger charge is -2.65. The zero-order valence-corrected chi connectivity index (χ0v) is 35.0. The predicted molar refractivity (Wildman–Crippen MR) is 218 cm³/mol. The summed E-state index contributed by atoms with van der Waals surface area (Å²) in [5.41, 5.74) is 12.1. The van der Waals surface area contributed by atoms with Gasteiger partial charge in [0.25, 0.3) is 0 Å². The van der Waals surface area contributed by atoms with Gasteiger partial charge < -0.3 is 45.6 Å². The third-order valence-corrected chi connectivity index (χ3v) is 15.2. The number of carbonyl (C=O) groups is 4. The van der Waals surface area contributed by atoms with Crippen LogP contribution in [0, 0.1) is 34.5 Å². The number of hydrogen-bond donors (Lipinski definition) is 4. The lowest BCUT2D eigenvalue weighted by molar-refractivity contribution is -0.319. The number of esters is 2. The van der Waals surface area contributed by atoms with E-state index in [4.69, 9.17) is 35.2 Å². The summed E-state index contributed by atoms with van der Waals surface area (Å²) in [7, 11) is 1.66. The number of guanidine groups is 1. The Bertz CT molecular complexity index is 1780. The van der Waals surface area contributed by atoms with Crippen molar-refractivity contribution in [3.8, 4) is 5.75 Å². The van der Waals surface area contributed by atoms with Gasteiger partial charge in [0, 0.05) is 48.8 Å². The molecule has 0 aromatic heterocycles. The van der Waals surface area contributed by atoms with Crippen molar-refractivity contribution < 1.29 is 48.0 Å². The van der Waals surface area contributed by atoms with Crippen molar-refractivity contribution in [1.82, 2.24) is 5.32 Å². The van der Waals surface area contributed by atoms with Crippen molar-refractivity contribution in [3.05, 3.63) is 41.5 Å². The highest BCUT2D eigenvalue weighted by atomic mass is 16.7. The van der Waals surface area contributed by atoms with Gasteiger partial charge in [0.1, 0.15) is 24.5 Å². The smallest absolute Gasteiger partial charge is 0.331 e. The van der Waals surface area contributed by atoms with Crippen molar-refractivity contribution in [2.45, 2.75) is 147 Å². The van der Waals surface area contributed by atoms with Crippen molar-refractivity contribution in [1.29, 1.82) is 0 Å². The number of nitrogens with two attached hydrogens (primary N) is 2. The topological polar surface area (TPSA) is 211 Å². The molecule has 5 fully saturated rings. The predicted octanol–water partition coefficient (Wildman–Crippen LogP) is 5.86. The van der Waals surface area contributed by atoms with Crippen molar-refractivity contribution in [2.24, 2.45) is 51.0 Å². The molecule has 1 saturated heterocycles. The van der Waals surface area contributed by atoms with Crippen LogP contribution >= 0.6 is 0 Å². The van der Waals surface area contributed by atoms with E-state index in [9.17, 15) is 24.3 Å². The highest BCUT2D eigenvalue weighted by Gasteiger charge is 2.74. The summed E-state index contributed by atoms with van der Waals surface area (Å²) in [6.07, 6.45) is 12.8. The summed E-state index contributed by atoms with van der Waals surface area (Å²) in [5.74, 6) is 0.199. The molecule has 6 aliphatic rings. The average molecular weight is 821 g/mol. The number of nitrogens with zero attached hydrogens (tertiary/aromatic N) is 1. The summed E-state index contributed by atoms with van der Waals surface area (Å²) >= 11 is 0. The quantitative estimate of drug-likeness (QED) is 0.0631. The van der Waals surface area contributed by atoms with E-state index in [0.29, 0.717) is 56.6 Å². The molecule has 1 amide bonds. The molecule has 6 N–H and O–H groups in total. The lowest BCUT2D eigenvalue weighted by Crippen LogP contribution is -2.63. The molecule has 1 spiro atoms. The third kappa shape index (κ3) is 8.71. The standard InChI is InChI=1S/C45H64N4O10/c1-43-20-18-31(57-37(51)11-7-5-4-6-10-36(50)49-34(40(53)54)9-8-22-48-42(46)47)24-29(43)14-17-33-32(43)19-21-44(2)39(28-23-38(52)56-26-28)35-25-45(33,44)59-41(58-35)27-12-15-30(55-3)16-13-27/h12-13,15-16,23,29,31-35,39,41H,4-11,14,17-22,24-26H2,1-3H3,(H,49,50)(H,53,54)(H4,46,47,48)/t29-,31+,32+,33-,34+,35+,39+,41?,43+,44-,45+/m1/s1. The Hall–Kier alpha value is -4.17. The number of carboxylic acid groups (broad SMARTS) is 1. The van der Waals surface area contributed by atoms with Crippen LogP contribution in [0.3, 0.4) is 0 Å². The fraction of sp³-hybridized carbons (Fsp3) is 0.711. The molecule has 7 rings (SSSR count). The second-order valence-electron chi connectivity index (χ2n) is 18.5. The Morgan fingerprint density at radius 2 is 1.75 bits per heavy atom. The Morgan fingerprint density at radius 1 is 0.983 bits per heavy atom. The number of benzene rings is 1. The molecular formula is C45H64N4O10. The van der Waals surface area contributed by atoms with Gasteiger partial charge in [-0.3, -0.25) is 14.6 Å². The molecule has 14 nitrogen and oxygen atoms in total. The molecule has 4 saturated carbocycles. The number of methoxy groups -OCH3 is 1. The van der Waals surface area contributed by atoms with Crippen LogP contribution in [0.4, 0.5) is 0 Å². The fourth-order valence-corrected chi connectivity index (χ4v) is 12.4. The summed E-state index contributed by atoms with van der Waals surface area (Å²) < 4.78 is 31.3. The molecule has 324 valence electrons. The maximum Gasteiger partial charge on any atom is 0.331 e. The van der Waals surface area contributed by atoms with Crippen molar-refractivity contribution in [2.75, 3.05) is 20.3 Å². The maximum absolute atomic E-state index is 13.0. The molecule has 11 atom stereocenters. The van der Waals surface area contributed by atoms with Gasteiger partial charge in [-0.2, -0.15) is 0 Å². The molecule has 0 radical (unpaired) electrons. The molecule has 1 aromatic carbocycles. The Balaban J connectivity index is 0.911. The first-order chi connectivity index (χ1) is 28.3. The number of carboxylic acids is 1. The van der Waals surface area contributed by atoms with Gasteiger partial charge in [0.15, 0.2) is 12.2 Å². The molecule has 1 unspecified atom stereocenters. The highest BCUT2D eigenvalue weighted by molar-refractivity contribution is 5.85. The first-order valence-corrected chi connectivity index (χ1v) is 21.9. The van der Waals surface area contributed by atoms with Crippen molar-refractivity contribution in [3.63, 3.8) is 0 Å². The maximum atomic E-state index is 13.0. The minimum atomic E-state index is -1.09. The van der Waals surface area contributed by atoms with Crippen LogP contribution in [0.25, 0.3) is 0 Å². The van der Waals surface area contributed by atoms with E-state index in [2.05, 4.69) is 24.2 Å². The minimum Gasteiger partial charge on any atom is -0.497 e. The van der Waals surface area contributed by atoms with Crippen LogP contribution in [0.2, 0.25) is 0 Å². The summed E-state index contributed by atoms with van der Waals surface area (Å²) in [6, 6.07) is 6.99. The summed E-state index contributed by atoms with van der Waals surface area (Å²) in [4.78, 5) is 53.2. The zero-order valence-electron chi connectivity index (χ0n) is 35.0. The Morgan fingerprint density at radius 3 is 2.44 bits per heavy atom. The number of amides is 1. The highest BCUT2D eigenvalue weighted by Crippen LogP contribution is 2.73. The van der Waals surface area contributed by atoms with E-state index in [1.807, 2.05) is 24.3 Å². The van der Waals surface area contributed by atoms with Gasteiger partial charge in [-0.1, -0.05) is 38.8 Å². The number of ether oxygens (including phenoxy) is 5. The lowest BCUT2D eigenvalue weighted by atomic mass is 9.43. The van der Waals surface area contributed by atoms with E-state index >= 15 is 0 Å². The molecular weight excluding hydrogens is 757 g/mol. The first kappa shape index (κ1) is 42.9. The van der Waals surface area contributed by atoms with Crippen LogP contribution in [0.1, 0.15) is 128 Å². The number of cyclic esters (lactones) is 1. The van der Waals surface area contributed by atoms with Gasteiger partial charge in [-0.25, -0.2) is 9.59 Å². The van der Waals surface area contributed by atoms with Crippen LogP contribution < -0.4 is 21.5 Å². The van der Waals surface area contributed by atoms with Crippen LogP contribution in [-0.2, 0) is 38.1 Å². The molecule has 59 heavy (non-hydrogen) atoms. The number of unbranched alkanes of at least 4 members (excludes halogenated alkanes) is 3. The summed E-state index contributed by atoms with van der Waals surface area (Å²) in [6.45, 7) is 5.49. The molecule has 14 heteroatoms. The van der Waals surface area contributed by atoms with Gasteiger partial charge >= 0.3 is 17.9 Å². The molecule has 4 aliphatic carbocycles. The Kier molecular flexibility index (Phi) is 13.0. The van der Waals surface area contributed by atoms with E-state index in [-0.39, 0.29) is 65.6 Å². The van der Waals surface area contributed by atoms with Crippen LogP contribution in [0.5, 0.6) is 5.75 Å². The number of fused-ring (bicyclic) bond motifs is 4. The van der Waals surface area contributed by atoms with Gasteiger partial charge in [0.05, 0.1) is 18.8 Å². The SMILES string of the molecule is COc1ccc(C2O[C@H]3C[C@]4(O2)[C@@H]2CC[C@@H]5C[C@@H](OC(=O)CCCCCCC(=O)N[C@@H](CCCN=C(N)N)C(=O)O)CC[C@]5(C)[C@H]2CC[C@]4(C)[C@H]3C2=CC(=O)OC2)cc1. The number of aliphatic carboxylic acids is 1. The van der Waals surface area contributed by atoms with Gasteiger partial charge in [0.2, 0.25) is 5.91 Å². The van der Waals surface area contributed by atoms with E-state index in [1.54, 1.807) is 13.2 Å². The normalized spacial score (nSPS) is 34.9. The first-order valence-electron chi connectivity index (χ1n) is 21.9. The number of nitrogens with one attached hydrogen (secondary N) is 1. The second kappa shape index (κ2) is 17.8. The molecule has 2 heterocycles. The number of carbonyl (C=O) groups excluding carboxylic acids is 3.